The SMILES string of the molecule is COc1ccccc1CN1CC(c2cc(Cl)ccc2O)[C@@H](c2ccccc2Br)C1. The maximum Gasteiger partial charge on any atom is 0.123 e. The number of likely N-dealkylation sites (tertiary alicyclic amines) is 1. The molecule has 1 N–H and O–H groups in total. The van der Waals surface area contributed by atoms with Gasteiger partial charge in [0.1, 0.15) is 11.5 Å². The van der Waals surface area contributed by atoms with E-state index in [0.717, 1.165) is 41.0 Å². The first-order chi connectivity index (χ1) is 14.1. The van der Waals surface area contributed by atoms with Gasteiger partial charge >= 0.3 is 0 Å². The number of phenols is 1. The molecule has 3 nitrogen and oxygen atoms in total. The number of benzene rings is 3. The normalized spacial score (nSPS) is 19.4. The number of methoxy groups -OCH3 is 1. The van der Waals surface area contributed by atoms with Crippen LogP contribution in [-0.4, -0.2) is 30.2 Å². The van der Waals surface area contributed by atoms with Crippen LogP contribution in [0, 0.1) is 0 Å². The van der Waals surface area contributed by atoms with Gasteiger partial charge in [-0.1, -0.05) is 63.9 Å². The molecule has 150 valence electrons. The molecule has 0 saturated carbocycles. The Morgan fingerprint density at radius 2 is 1.69 bits per heavy atom. The summed E-state index contributed by atoms with van der Waals surface area (Å²) in [5.74, 6) is 1.58. The highest BCUT2D eigenvalue weighted by molar-refractivity contribution is 9.10. The lowest BCUT2D eigenvalue weighted by Gasteiger charge is -2.21. The van der Waals surface area contributed by atoms with E-state index in [0.29, 0.717) is 10.8 Å². The fraction of sp³-hybridized carbons (Fsp3) is 0.250. The topological polar surface area (TPSA) is 32.7 Å². The molecule has 1 aliphatic heterocycles. The number of hydrogen-bond donors (Lipinski definition) is 1. The third kappa shape index (κ3) is 4.30. The summed E-state index contributed by atoms with van der Waals surface area (Å²) in [5.41, 5.74) is 3.32. The fourth-order valence-corrected chi connectivity index (χ4v) is 5.08. The van der Waals surface area contributed by atoms with Crippen molar-refractivity contribution >= 4 is 27.5 Å². The van der Waals surface area contributed by atoms with Crippen molar-refractivity contribution < 1.29 is 9.84 Å². The van der Waals surface area contributed by atoms with Crippen molar-refractivity contribution in [2.24, 2.45) is 0 Å². The van der Waals surface area contributed by atoms with Crippen LogP contribution in [-0.2, 0) is 6.54 Å². The molecule has 1 saturated heterocycles. The van der Waals surface area contributed by atoms with Crippen molar-refractivity contribution in [1.82, 2.24) is 4.90 Å². The molecular weight excluding hydrogens is 450 g/mol. The molecular formula is C24H23BrClNO2. The van der Waals surface area contributed by atoms with Gasteiger partial charge in [-0.25, -0.2) is 0 Å². The second-order valence-corrected chi connectivity index (χ2v) is 8.73. The number of para-hydroxylation sites is 1. The molecule has 3 aromatic rings. The zero-order valence-electron chi connectivity index (χ0n) is 16.2. The average Bonchev–Trinajstić information content (AvgIpc) is 3.14. The van der Waals surface area contributed by atoms with Gasteiger partial charge in [0, 0.05) is 52.1 Å². The summed E-state index contributed by atoms with van der Waals surface area (Å²) in [4.78, 5) is 2.42. The third-order valence-electron chi connectivity index (χ3n) is 5.68. The Morgan fingerprint density at radius 3 is 2.45 bits per heavy atom. The van der Waals surface area contributed by atoms with Crippen LogP contribution in [0.3, 0.4) is 0 Å². The zero-order chi connectivity index (χ0) is 20.4. The first-order valence-corrected chi connectivity index (χ1v) is 10.8. The van der Waals surface area contributed by atoms with E-state index >= 15 is 0 Å². The Kier molecular flexibility index (Phi) is 6.14. The quantitative estimate of drug-likeness (QED) is 0.480. The van der Waals surface area contributed by atoms with Gasteiger partial charge in [0.05, 0.1) is 7.11 Å². The van der Waals surface area contributed by atoms with Crippen molar-refractivity contribution in [2.45, 2.75) is 18.4 Å². The average molecular weight is 473 g/mol. The lowest BCUT2D eigenvalue weighted by molar-refractivity contribution is 0.313. The maximum absolute atomic E-state index is 10.6. The molecule has 0 aliphatic carbocycles. The Hall–Kier alpha value is -2.01. The molecule has 5 heteroatoms. The van der Waals surface area contributed by atoms with Gasteiger partial charge in [-0.15, -0.1) is 0 Å². The van der Waals surface area contributed by atoms with E-state index in [1.165, 1.54) is 5.56 Å². The second kappa shape index (κ2) is 8.78. The van der Waals surface area contributed by atoms with Crippen molar-refractivity contribution in [2.75, 3.05) is 20.2 Å². The van der Waals surface area contributed by atoms with Crippen molar-refractivity contribution in [3.8, 4) is 11.5 Å². The molecule has 0 spiro atoms. The van der Waals surface area contributed by atoms with Crippen LogP contribution in [0.25, 0.3) is 0 Å². The predicted molar refractivity (Wildman–Crippen MR) is 121 cm³/mol. The van der Waals surface area contributed by atoms with Crippen LogP contribution < -0.4 is 4.74 Å². The minimum Gasteiger partial charge on any atom is -0.508 e. The first kappa shape index (κ1) is 20.3. The van der Waals surface area contributed by atoms with E-state index in [2.05, 4.69) is 45.1 Å². The molecule has 1 fully saturated rings. The van der Waals surface area contributed by atoms with E-state index in [-0.39, 0.29) is 11.8 Å². The number of nitrogens with zero attached hydrogens (tertiary/aromatic N) is 1. The third-order valence-corrected chi connectivity index (χ3v) is 6.63. The van der Waals surface area contributed by atoms with Gasteiger partial charge in [0.2, 0.25) is 0 Å². The van der Waals surface area contributed by atoms with Gasteiger partial charge in [-0.2, -0.15) is 0 Å². The van der Waals surface area contributed by atoms with E-state index in [4.69, 9.17) is 16.3 Å². The summed E-state index contributed by atoms with van der Waals surface area (Å²) < 4.78 is 6.63. The first-order valence-electron chi connectivity index (χ1n) is 9.64. The van der Waals surface area contributed by atoms with Gasteiger partial charge in [-0.3, -0.25) is 4.90 Å². The van der Waals surface area contributed by atoms with Crippen LogP contribution in [0.4, 0.5) is 0 Å². The van der Waals surface area contributed by atoms with E-state index in [1.54, 1.807) is 19.2 Å². The number of halogens is 2. The smallest absolute Gasteiger partial charge is 0.123 e. The van der Waals surface area contributed by atoms with E-state index < -0.39 is 0 Å². The fourth-order valence-electron chi connectivity index (χ4n) is 4.32. The minimum atomic E-state index is 0.141. The predicted octanol–water partition coefficient (Wildman–Crippen LogP) is 6.20. The Morgan fingerprint density at radius 1 is 1.00 bits per heavy atom. The lowest BCUT2D eigenvalue weighted by atomic mass is 9.84. The van der Waals surface area contributed by atoms with Gasteiger partial charge in [0.15, 0.2) is 0 Å². The van der Waals surface area contributed by atoms with Crippen LogP contribution >= 0.6 is 27.5 Å². The Bertz CT molecular complexity index is 1010. The molecule has 2 atom stereocenters. The monoisotopic (exact) mass is 471 g/mol. The number of phenolic OH excluding ortho intramolecular Hbond substituents is 1. The van der Waals surface area contributed by atoms with Crippen molar-refractivity contribution in [3.63, 3.8) is 0 Å². The lowest BCUT2D eigenvalue weighted by Crippen LogP contribution is -2.20. The van der Waals surface area contributed by atoms with Gasteiger partial charge in [0.25, 0.3) is 0 Å². The molecule has 1 unspecified atom stereocenters. The summed E-state index contributed by atoms with van der Waals surface area (Å²) in [6, 6.07) is 21.8. The molecule has 0 radical (unpaired) electrons. The summed E-state index contributed by atoms with van der Waals surface area (Å²) in [5, 5.41) is 11.2. The summed E-state index contributed by atoms with van der Waals surface area (Å²) in [7, 11) is 1.71. The standard InChI is InChI=1S/C24H23BrClNO2/c1-29-24-9-5-2-6-16(24)13-27-14-20(18-7-3-4-8-22(18)25)21(15-27)19-12-17(26)10-11-23(19)28/h2-12,20-21,28H,13-15H2,1H3/t20-,21?/m1/s1. The maximum atomic E-state index is 10.6. The summed E-state index contributed by atoms with van der Waals surface area (Å²) in [6.45, 7) is 2.51. The Balaban J connectivity index is 1.69. The van der Waals surface area contributed by atoms with Crippen LogP contribution in [0.1, 0.15) is 28.5 Å². The molecule has 0 bridgehead atoms. The van der Waals surface area contributed by atoms with E-state index in [9.17, 15) is 5.11 Å². The van der Waals surface area contributed by atoms with Crippen LogP contribution in [0.5, 0.6) is 11.5 Å². The largest absolute Gasteiger partial charge is 0.508 e. The number of rotatable bonds is 5. The number of aromatic hydroxyl groups is 1. The summed E-state index contributed by atoms with van der Waals surface area (Å²) in [6.07, 6.45) is 0. The highest BCUT2D eigenvalue weighted by atomic mass is 79.9. The summed E-state index contributed by atoms with van der Waals surface area (Å²) >= 11 is 10.00. The molecule has 29 heavy (non-hydrogen) atoms. The van der Waals surface area contributed by atoms with Crippen LogP contribution in [0.15, 0.2) is 71.2 Å². The molecule has 1 aliphatic rings. The Labute approximate surface area is 185 Å². The minimum absolute atomic E-state index is 0.141. The van der Waals surface area contributed by atoms with Crippen molar-refractivity contribution in [3.05, 3.63) is 92.9 Å². The van der Waals surface area contributed by atoms with Gasteiger partial charge < -0.3 is 9.84 Å². The molecule has 4 rings (SSSR count). The molecule has 0 aromatic heterocycles. The number of hydrogen-bond acceptors (Lipinski definition) is 3. The highest BCUT2D eigenvalue weighted by Crippen LogP contribution is 2.45. The molecule has 1 heterocycles. The van der Waals surface area contributed by atoms with Crippen LogP contribution in [0.2, 0.25) is 5.02 Å². The van der Waals surface area contributed by atoms with E-state index in [1.807, 2.05) is 30.3 Å². The molecule has 3 aromatic carbocycles. The highest BCUT2D eigenvalue weighted by Gasteiger charge is 2.37. The second-order valence-electron chi connectivity index (χ2n) is 7.44. The molecule has 0 amide bonds. The number of ether oxygens (including phenoxy) is 1. The zero-order valence-corrected chi connectivity index (χ0v) is 18.5. The van der Waals surface area contributed by atoms with Crippen molar-refractivity contribution in [1.29, 1.82) is 0 Å². The van der Waals surface area contributed by atoms with Gasteiger partial charge in [-0.05, 0) is 35.9 Å².